The molecule has 1 N–H and O–H groups in total. The van der Waals surface area contributed by atoms with E-state index >= 15 is 0 Å². The zero-order valence-electron chi connectivity index (χ0n) is 10.1. The SMILES string of the molecule is CCOS(=O)(=O)c1cccc2c1NCC(C)C2. The fraction of sp³-hybridized carbons (Fsp3) is 0.500. The Balaban J connectivity index is 2.47. The number of hydrogen-bond donors (Lipinski definition) is 1. The van der Waals surface area contributed by atoms with Gasteiger partial charge in [0.15, 0.2) is 0 Å². The fourth-order valence-electron chi connectivity index (χ4n) is 2.10. The van der Waals surface area contributed by atoms with Crippen molar-refractivity contribution in [1.82, 2.24) is 0 Å². The van der Waals surface area contributed by atoms with Gasteiger partial charge >= 0.3 is 0 Å². The molecule has 2 rings (SSSR count). The normalized spacial score (nSPS) is 19.5. The van der Waals surface area contributed by atoms with Gasteiger partial charge in [0.25, 0.3) is 10.1 Å². The van der Waals surface area contributed by atoms with E-state index in [0.29, 0.717) is 11.6 Å². The van der Waals surface area contributed by atoms with Crippen molar-refractivity contribution in [1.29, 1.82) is 0 Å². The third-order valence-corrected chi connectivity index (χ3v) is 4.28. The third kappa shape index (κ3) is 2.45. The van der Waals surface area contributed by atoms with Gasteiger partial charge in [-0.05, 0) is 30.9 Å². The molecule has 17 heavy (non-hydrogen) atoms. The molecule has 1 aromatic rings. The summed E-state index contributed by atoms with van der Waals surface area (Å²) in [5, 5.41) is 3.19. The molecule has 0 radical (unpaired) electrons. The van der Waals surface area contributed by atoms with Gasteiger partial charge < -0.3 is 5.32 Å². The van der Waals surface area contributed by atoms with Gasteiger partial charge in [0.2, 0.25) is 0 Å². The number of nitrogens with one attached hydrogen (secondary N) is 1. The van der Waals surface area contributed by atoms with Crippen LogP contribution in [0.5, 0.6) is 0 Å². The minimum atomic E-state index is -3.63. The van der Waals surface area contributed by atoms with Crippen LogP contribution in [0.15, 0.2) is 23.1 Å². The second kappa shape index (κ2) is 4.66. The molecule has 1 unspecified atom stereocenters. The van der Waals surface area contributed by atoms with Crippen LogP contribution in [0.3, 0.4) is 0 Å². The summed E-state index contributed by atoms with van der Waals surface area (Å²) in [6.45, 7) is 4.76. The van der Waals surface area contributed by atoms with Crippen molar-refractivity contribution in [2.75, 3.05) is 18.5 Å². The van der Waals surface area contributed by atoms with E-state index in [-0.39, 0.29) is 11.5 Å². The Hall–Kier alpha value is -1.07. The molecule has 1 atom stereocenters. The average Bonchev–Trinajstić information content (AvgIpc) is 2.27. The van der Waals surface area contributed by atoms with Gasteiger partial charge in [0.05, 0.1) is 12.3 Å². The summed E-state index contributed by atoms with van der Waals surface area (Å²) in [4.78, 5) is 0.253. The maximum Gasteiger partial charge on any atom is 0.299 e. The molecule has 4 nitrogen and oxygen atoms in total. The molecule has 0 amide bonds. The third-order valence-electron chi connectivity index (χ3n) is 2.85. The van der Waals surface area contributed by atoms with Crippen LogP contribution in [0.25, 0.3) is 0 Å². The standard InChI is InChI=1S/C12H17NO3S/c1-3-16-17(14,15)11-6-4-5-10-7-9(2)8-13-12(10)11/h4-6,9,13H,3,7-8H2,1-2H3. The van der Waals surface area contributed by atoms with Crippen molar-refractivity contribution in [3.63, 3.8) is 0 Å². The van der Waals surface area contributed by atoms with Gasteiger partial charge in [-0.2, -0.15) is 8.42 Å². The van der Waals surface area contributed by atoms with E-state index in [0.717, 1.165) is 18.5 Å². The van der Waals surface area contributed by atoms with Gasteiger partial charge in [-0.1, -0.05) is 19.1 Å². The number of rotatable bonds is 3. The number of para-hydroxylation sites is 1. The highest BCUT2D eigenvalue weighted by Crippen LogP contribution is 2.31. The molecule has 1 aromatic carbocycles. The molecule has 0 bridgehead atoms. The summed E-state index contributed by atoms with van der Waals surface area (Å²) >= 11 is 0. The van der Waals surface area contributed by atoms with Crippen molar-refractivity contribution < 1.29 is 12.6 Å². The van der Waals surface area contributed by atoms with Crippen LogP contribution < -0.4 is 5.32 Å². The number of anilines is 1. The fourth-order valence-corrected chi connectivity index (χ4v) is 3.23. The van der Waals surface area contributed by atoms with Gasteiger partial charge in [-0.15, -0.1) is 0 Å². The second-order valence-corrected chi connectivity index (χ2v) is 5.92. The lowest BCUT2D eigenvalue weighted by Gasteiger charge is -2.25. The minimum Gasteiger partial charge on any atom is -0.383 e. The van der Waals surface area contributed by atoms with Crippen LogP contribution in [-0.2, 0) is 20.7 Å². The molecule has 1 heterocycles. The summed E-state index contributed by atoms with van der Waals surface area (Å²) in [6.07, 6.45) is 0.901. The van der Waals surface area contributed by atoms with Crippen LogP contribution in [-0.4, -0.2) is 21.6 Å². The van der Waals surface area contributed by atoms with Crippen LogP contribution >= 0.6 is 0 Å². The Morgan fingerprint density at radius 2 is 2.24 bits per heavy atom. The number of hydrogen-bond acceptors (Lipinski definition) is 4. The second-order valence-electron chi connectivity index (χ2n) is 4.34. The summed E-state index contributed by atoms with van der Waals surface area (Å²) in [5.74, 6) is 0.521. The maximum absolute atomic E-state index is 11.9. The highest BCUT2D eigenvalue weighted by molar-refractivity contribution is 7.87. The highest BCUT2D eigenvalue weighted by atomic mass is 32.2. The van der Waals surface area contributed by atoms with Crippen molar-refractivity contribution in [2.45, 2.75) is 25.2 Å². The first-order valence-electron chi connectivity index (χ1n) is 5.79. The molecule has 0 aliphatic carbocycles. The zero-order chi connectivity index (χ0) is 12.5. The lowest BCUT2D eigenvalue weighted by molar-refractivity contribution is 0.338. The predicted octanol–water partition coefficient (Wildman–Crippen LogP) is 2.02. The number of benzene rings is 1. The van der Waals surface area contributed by atoms with Crippen LogP contribution in [0.1, 0.15) is 19.4 Å². The van der Waals surface area contributed by atoms with Gasteiger partial charge in [0, 0.05) is 6.54 Å². The van der Waals surface area contributed by atoms with E-state index in [1.165, 1.54) is 0 Å². The first kappa shape index (κ1) is 12.4. The van der Waals surface area contributed by atoms with Crippen LogP contribution in [0.2, 0.25) is 0 Å². The Bertz CT molecular complexity index is 510. The molecule has 1 aliphatic rings. The van der Waals surface area contributed by atoms with Crippen molar-refractivity contribution in [3.8, 4) is 0 Å². The molecule has 94 valence electrons. The Labute approximate surface area is 102 Å². The van der Waals surface area contributed by atoms with E-state index in [1.54, 1.807) is 19.1 Å². The van der Waals surface area contributed by atoms with E-state index in [2.05, 4.69) is 12.2 Å². The van der Waals surface area contributed by atoms with E-state index in [9.17, 15) is 8.42 Å². The van der Waals surface area contributed by atoms with E-state index in [4.69, 9.17) is 4.18 Å². The molecule has 0 spiro atoms. The first-order valence-corrected chi connectivity index (χ1v) is 7.20. The largest absolute Gasteiger partial charge is 0.383 e. The molecule has 0 saturated carbocycles. The summed E-state index contributed by atoms with van der Waals surface area (Å²) in [7, 11) is -3.63. The Kier molecular flexibility index (Phi) is 3.40. The topological polar surface area (TPSA) is 55.4 Å². The molecular formula is C12H17NO3S. The lowest BCUT2D eigenvalue weighted by atomic mass is 9.96. The van der Waals surface area contributed by atoms with Crippen molar-refractivity contribution >= 4 is 15.8 Å². The predicted molar refractivity (Wildman–Crippen MR) is 66.6 cm³/mol. The van der Waals surface area contributed by atoms with E-state index in [1.807, 2.05) is 6.07 Å². The molecule has 0 saturated heterocycles. The minimum absolute atomic E-state index is 0.155. The molecule has 5 heteroatoms. The van der Waals surface area contributed by atoms with Crippen LogP contribution in [0.4, 0.5) is 5.69 Å². The Morgan fingerprint density at radius 3 is 2.94 bits per heavy atom. The van der Waals surface area contributed by atoms with Gasteiger partial charge in [-0.3, -0.25) is 4.18 Å². The average molecular weight is 255 g/mol. The smallest absolute Gasteiger partial charge is 0.299 e. The summed E-state index contributed by atoms with van der Waals surface area (Å²) in [5.41, 5.74) is 1.75. The Morgan fingerprint density at radius 1 is 1.47 bits per heavy atom. The lowest BCUT2D eigenvalue weighted by Crippen LogP contribution is -2.23. The van der Waals surface area contributed by atoms with E-state index < -0.39 is 10.1 Å². The van der Waals surface area contributed by atoms with Gasteiger partial charge in [0.1, 0.15) is 4.90 Å². The summed E-state index contributed by atoms with van der Waals surface area (Å²) < 4.78 is 28.7. The quantitative estimate of drug-likeness (QED) is 0.839. The van der Waals surface area contributed by atoms with Crippen molar-refractivity contribution in [2.24, 2.45) is 5.92 Å². The maximum atomic E-state index is 11.9. The molecular weight excluding hydrogens is 238 g/mol. The monoisotopic (exact) mass is 255 g/mol. The molecule has 0 aromatic heterocycles. The highest BCUT2D eigenvalue weighted by Gasteiger charge is 2.24. The zero-order valence-corrected chi connectivity index (χ0v) is 10.9. The summed E-state index contributed by atoms with van der Waals surface area (Å²) in [6, 6.07) is 5.32. The van der Waals surface area contributed by atoms with Crippen molar-refractivity contribution in [3.05, 3.63) is 23.8 Å². The molecule has 1 aliphatic heterocycles. The molecule has 0 fully saturated rings. The van der Waals surface area contributed by atoms with Crippen LogP contribution in [0, 0.1) is 5.92 Å². The van der Waals surface area contributed by atoms with Gasteiger partial charge in [-0.25, -0.2) is 0 Å². The first-order chi connectivity index (χ1) is 8.04. The number of fused-ring (bicyclic) bond motifs is 1.